The van der Waals surface area contributed by atoms with Gasteiger partial charge in [-0.3, -0.25) is 9.48 Å². The molecule has 0 radical (unpaired) electrons. The number of nitrogens with one attached hydrogen (secondary N) is 1. The summed E-state index contributed by atoms with van der Waals surface area (Å²) in [7, 11) is 0. The average molecular weight is 424 g/mol. The number of alkyl halides is 3. The number of anilines is 1. The largest absolute Gasteiger partial charge is 0.484 e. The molecule has 0 aliphatic carbocycles. The Morgan fingerprint density at radius 1 is 1.17 bits per heavy atom. The fraction of sp³-hybridized carbons (Fsp3) is 0.200. The van der Waals surface area contributed by atoms with Gasteiger partial charge in [-0.2, -0.15) is 18.3 Å². The Balaban J connectivity index is 1.67. The van der Waals surface area contributed by atoms with Crippen LogP contribution in [0.1, 0.15) is 21.6 Å². The molecule has 3 aromatic rings. The third-order valence-corrected chi connectivity index (χ3v) is 4.22. The maximum Gasteiger partial charge on any atom is 0.422 e. The van der Waals surface area contributed by atoms with E-state index < -0.39 is 18.7 Å². The summed E-state index contributed by atoms with van der Waals surface area (Å²) in [6.07, 6.45) is -4.45. The molecule has 29 heavy (non-hydrogen) atoms. The van der Waals surface area contributed by atoms with Crippen molar-refractivity contribution in [1.82, 2.24) is 9.78 Å². The second-order valence-electron chi connectivity index (χ2n) is 6.34. The summed E-state index contributed by atoms with van der Waals surface area (Å²) < 4.78 is 43.2. The van der Waals surface area contributed by atoms with E-state index in [2.05, 4.69) is 15.2 Å². The number of carbonyl (C=O) groups excluding carboxylic acids is 1. The molecule has 2 aromatic carbocycles. The van der Waals surface area contributed by atoms with E-state index in [0.717, 1.165) is 11.3 Å². The first-order chi connectivity index (χ1) is 13.7. The number of carbonyl (C=O) groups is 1. The summed E-state index contributed by atoms with van der Waals surface area (Å²) in [5, 5.41) is 7.64. The highest BCUT2D eigenvalue weighted by Crippen LogP contribution is 2.20. The first kappa shape index (κ1) is 20.7. The second-order valence-corrected chi connectivity index (χ2v) is 6.78. The maximum atomic E-state index is 12.4. The molecular formula is C20H17ClF3N3O2. The van der Waals surface area contributed by atoms with Crippen LogP contribution in [0.4, 0.5) is 19.0 Å². The van der Waals surface area contributed by atoms with Crippen molar-refractivity contribution in [2.24, 2.45) is 0 Å². The number of ether oxygens (including phenoxy) is 1. The lowest BCUT2D eigenvalue weighted by Gasteiger charge is -2.10. The van der Waals surface area contributed by atoms with E-state index in [1.165, 1.54) is 24.3 Å². The number of hydrogen-bond acceptors (Lipinski definition) is 3. The third kappa shape index (κ3) is 5.99. The van der Waals surface area contributed by atoms with Crippen molar-refractivity contribution >= 4 is 23.3 Å². The molecule has 0 fully saturated rings. The Labute approximate surface area is 170 Å². The molecule has 152 valence electrons. The van der Waals surface area contributed by atoms with Gasteiger partial charge in [-0.1, -0.05) is 29.8 Å². The average Bonchev–Trinajstić information content (AvgIpc) is 3.00. The Morgan fingerprint density at radius 2 is 1.90 bits per heavy atom. The number of nitrogens with zero attached hydrogens (tertiary/aromatic N) is 2. The number of halogens is 4. The zero-order valence-corrected chi connectivity index (χ0v) is 16.1. The van der Waals surface area contributed by atoms with Crippen molar-refractivity contribution in [3.63, 3.8) is 0 Å². The molecule has 9 heteroatoms. The van der Waals surface area contributed by atoms with Gasteiger partial charge in [0.15, 0.2) is 12.4 Å². The molecule has 3 rings (SSSR count). The van der Waals surface area contributed by atoms with Gasteiger partial charge in [-0.15, -0.1) is 0 Å². The van der Waals surface area contributed by atoms with Crippen molar-refractivity contribution in [2.45, 2.75) is 19.6 Å². The zero-order chi connectivity index (χ0) is 21.0. The van der Waals surface area contributed by atoms with E-state index in [1.54, 1.807) is 22.9 Å². The van der Waals surface area contributed by atoms with Crippen LogP contribution in [0, 0.1) is 6.92 Å². The fourth-order valence-corrected chi connectivity index (χ4v) is 2.70. The molecule has 1 N–H and O–H groups in total. The minimum atomic E-state index is -4.45. The summed E-state index contributed by atoms with van der Waals surface area (Å²) in [5.74, 6) is -0.207. The predicted octanol–water partition coefficient (Wildman–Crippen LogP) is 5.09. The molecule has 0 spiro atoms. The summed E-state index contributed by atoms with van der Waals surface area (Å²) >= 11 is 5.88. The van der Waals surface area contributed by atoms with E-state index >= 15 is 0 Å². The molecule has 0 aliphatic rings. The van der Waals surface area contributed by atoms with Gasteiger partial charge in [0.1, 0.15) is 5.75 Å². The minimum Gasteiger partial charge on any atom is -0.484 e. The van der Waals surface area contributed by atoms with Crippen molar-refractivity contribution in [3.05, 3.63) is 76.4 Å². The van der Waals surface area contributed by atoms with Gasteiger partial charge < -0.3 is 10.1 Å². The molecule has 1 amide bonds. The summed E-state index contributed by atoms with van der Waals surface area (Å²) in [5.41, 5.74) is 1.99. The number of hydrogen-bond donors (Lipinski definition) is 1. The highest BCUT2D eigenvalue weighted by atomic mass is 35.5. The monoisotopic (exact) mass is 423 g/mol. The molecule has 1 aromatic heterocycles. The molecule has 0 bridgehead atoms. The molecule has 5 nitrogen and oxygen atoms in total. The fourth-order valence-electron chi connectivity index (χ4n) is 2.57. The zero-order valence-electron chi connectivity index (χ0n) is 15.3. The van der Waals surface area contributed by atoms with Crippen LogP contribution in [0.15, 0.2) is 54.6 Å². The van der Waals surface area contributed by atoms with Crippen molar-refractivity contribution in [3.8, 4) is 5.75 Å². The van der Waals surface area contributed by atoms with Crippen LogP contribution in [0.5, 0.6) is 5.75 Å². The first-order valence-electron chi connectivity index (χ1n) is 8.59. The van der Waals surface area contributed by atoms with Crippen molar-refractivity contribution in [1.29, 1.82) is 0 Å². The summed E-state index contributed by atoms with van der Waals surface area (Å²) in [6, 6.07) is 14.6. The Bertz CT molecular complexity index is 1000. The van der Waals surface area contributed by atoms with Gasteiger partial charge in [-0.05, 0) is 42.8 Å². The van der Waals surface area contributed by atoms with Crippen molar-refractivity contribution in [2.75, 3.05) is 11.9 Å². The van der Waals surface area contributed by atoms with Gasteiger partial charge in [-0.25, -0.2) is 0 Å². The molecular weight excluding hydrogens is 407 g/mol. The van der Waals surface area contributed by atoms with Crippen LogP contribution in [0.25, 0.3) is 0 Å². The lowest BCUT2D eigenvalue weighted by atomic mass is 10.2. The van der Waals surface area contributed by atoms with Gasteiger partial charge in [0, 0.05) is 22.3 Å². The van der Waals surface area contributed by atoms with Crippen molar-refractivity contribution < 1.29 is 22.7 Å². The van der Waals surface area contributed by atoms with E-state index in [1.807, 2.05) is 19.1 Å². The van der Waals surface area contributed by atoms with E-state index in [4.69, 9.17) is 11.6 Å². The lowest BCUT2D eigenvalue weighted by Crippen LogP contribution is -2.19. The topological polar surface area (TPSA) is 56.1 Å². The second kappa shape index (κ2) is 8.57. The number of aromatic nitrogens is 2. The van der Waals surface area contributed by atoms with Gasteiger partial charge in [0.05, 0.1) is 6.54 Å². The number of rotatable bonds is 6. The maximum absolute atomic E-state index is 12.4. The molecule has 1 heterocycles. The minimum absolute atomic E-state index is 0.0422. The molecule has 0 saturated carbocycles. The predicted molar refractivity (Wildman–Crippen MR) is 103 cm³/mol. The first-order valence-corrected chi connectivity index (χ1v) is 8.97. The molecule has 0 atom stereocenters. The van der Waals surface area contributed by atoms with Crippen LogP contribution in [-0.4, -0.2) is 28.5 Å². The Hall–Kier alpha value is -3.00. The normalized spacial score (nSPS) is 11.3. The summed E-state index contributed by atoms with van der Waals surface area (Å²) in [4.78, 5) is 12.4. The smallest absolute Gasteiger partial charge is 0.422 e. The highest BCUT2D eigenvalue weighted by molar-refractivity contribution is 6.30. The number of benzene rings is 2. The third-order valence-electron chi connectivity index (χ3n) is 3.97. The molecule has 0 unspecified atom stereocenters. The Morgan fingerprint density at radius 3 is 2.59 bits per heavy atom. The molecule has 0 saturated heterocycles. The highest BCUT2D eigenvalue weighted by Gasteiger charge is 2.28. The quantitative estimate of drug-likeness (QED) is 0.601. The lowest BCUT2D eigenvalue weighted by molar-refractivity contribution is -0.153. The SMILES string of the molecule is Cc1cc(NC(=O)c2cccc(OCC(F)(F)F)c2)nn1Cc1ccc(Cl)cc1. The standard InChI is InChI=1S/C20H17ClF3N3O2/c1-13-9-18(26-27(13)11-14-5-7-16(21)8-6-14)25-19(28)15-3-2-4-17(10-15)29-12-20(22,23)24/h2-10H,11-12H2,1H3,(H,25,26,28). The van der Waals surface area contributed by atoms with Crippen LogP contribution in [0.2, 0.25) is 5.02 Å². The number of amides is 1. The number of aryl methyl sites for hydroxylation is 1. The van der Waals surface area contributed by atoms with Crippen LogP contribution in [0.3, 0.4) is 0 Å². The van der Waals surface area contributed by atoms with E-state index in [0.29, 0.717) is 17.4 Å². The van der Waals surface area contributed by atoms with Gasteiger partial charge in [0.2, 0.25) is 0 Å². The van der Waals surface area contributed by atoms with Crippen LogP contribution < -0.4 is 10.1 Å². The van der Waals surface area contributed by atoms with Crippen LogP contribution >= 0.6 is 11.6 Å². The Kier molecular flexibility index (Phi) is 6.12. The van der Waals surface area contributed by atoms with Gasteiger partial charge >= 0.3 is 6.18 Å². The van der Waals surface area contributed by atoms with E-state index in [9.17, 15) is 18.0 Å². The van der Waals surface area contributed by atoms with E-state index in [-0.39, 0.29) is 11.3 Å². The molecule has 0 aliphatic heterocycles. The van der Waals surface area contributed by atoms with Gasteiger partial charge in [0.25, 0.3) is 5.91 Å². The summed E-state index contributed by atoms with van der Waals surface area (Å²) in [6.45, 7) is 0.927. The van der Waals surface area contributed by atoms with Crippen LogP contribution in [-0.2, 0) is 6.54 Å².